The largest absolute Gasteiger partial charge is 0.400 e. The number of rotatable bonds is 2. The highest BCUT2D eigenvalue weighted by molar-refractivity contribution is 5.13. The highest BCUT2D eigenvalue weighted by Crippen LogP contribution is 1.98. The summed E-state index contributed by atoms with van der Waals surface area (Å²) >= 11 is 0. The molecule has 1 rings (SSSR count). The first-order valence-corrected chi connectivity index (χ1v) is 5.11. The minimum Gasteiger partial charge on any atom is -0.400 e. The van der Waals surface area contributed by atoms with Crippen molar-refractivity contribution < 1.29 is 14.6 Å². The lowest BCUT2D eigenvalue weighted by Crippen LogP contribution is -1.84. The van der Waals surface area contributed by atoms with Gasteiger partial charge in [0.25, 0.3) is 0 Å². The van der Waals surface area contributed by atoms with Crippen LogP contribution in [0, 0.1) is 0 Å². The maximum Gasteiger partial charge on any atom is 0.106 e. The van der Waals surface area contributed by atoms with Gasteiger partial charge in [0.1, 0.15) is 6.79 Å². The molecule has 0 aliphatic rings. The summed E-state index contributed by atoms with van der Waals surface area (Å²) in [6.45, 7) is 6.96. The van der Waals surface area contributed by atoms with E-state index in [0.717, 1.165) is 7.11 Å². The van der Waals surface area contributed by atoms with Gasteiger partial charge in [-0.1, -0.05) is 58.0 Å². The van der Waals surface area contributed by atoms with E-state index in [1.54, 1.807) is 7.11 Å². The molecular weight excluding hydrogens is 216 g/mol. The van der Waals surface area contributed by atoms with Crippen molar-refractivity contribution in [2.45, 2.75) is 34.3 Å². The van der Waals surface area contributed by atoms with Crippen molar-refractivity contribution in [2.24, 2.45) is 0 Å². The number of benzene rings is 1. The molecule has 0 spiro atoms. The normalized spacial score (nSPS) is 6.65. The molecule has 17 heavy (non-hydrogen) atoms. The number of aliphatic hydroxyl groups is 1. The van der Waals surface area contributed by atoms with Crippen LogP contribution in [-0.4, -0.2) is 26.1 Å². The topological polar surface area (TPSA) is 46.5 Å². The van der Waals surface area contributed by atoms with Crippen LogP contribution < -0.4 is 0 Å². The van der Waals surface area contributed by atoms with Gasteiger partial charge in [0.05, 0.1) is 6.61 Å². The molecule has 0 saturated heterocycles. The number of carbonyl (C=O) groups is 1. The quantitative estimate of drug-likeness (QED) is 0.868. The fourth-order valence-electron chi connectivity index (χ4n) is 0.741. The number of methoxy groups -OCH3 is 1. The molecule has 0 saturated carbocycles. The minimum atomic E-state index is 0. The lowest BCUT2D eigenvalue weighted by molar-refractivity contribution is -0.0979. The monoisotopic (exact) mass is 244 g/mol. The zero-order chi connectivity index (χ0) is 13.2. The Balaban J connectivity index is -0.0000000911. The Bertz CT molecular complexity index is 188. The summed E-state index contributed by atoms with van der Waals surface area (Å²) in [6.07, 6.45) is 1.25. The molecule has 0 aliphatic heterocycles. The van der Waals surface area contributed by atoms with Gasteiger partial charge in [0.15, 0.2) is 0 Å². The Labute approximate surface area is 106 Å². The van der Waals surface area contributed by atoms with E-state index in [1.165, 1.54) is 12.0 Å². The Hall–Kier alpha value is -1.19. The van der Waals surface area contributed by atoms with Crippen molar-refractivity contribution in [1.29, 1.82) is 0 Å². The molecule has 1 aromatic rings. The van der Waals surface area contributed by atoms with Crippen LogP contribution in [-0.2, 0) is 16.1 Å². The van der Waals surface area contributed by atoms with Gasteiger partial charge in [0.2, 0.25) is 0 Å². The summed E-state index contributed by atoms with van der Waals surface area (Å²) in [4.78, 5) is 8.00. The van der Waals surface area contributed by atoms with Crippen molar-refractivity contribution in [3.63, 3.8) is 0 Å². The highest BCUT2D eigenvalue weighted by Gasteiger charge is 1.84. The van der Waals surface area contributed by atoms with Crippen LogP contribution in [0.2, 0.25) is 0 Å². The van der Waals surface area contributed by atoms with E-state index < -0.39 is 0 Å². The van der Waals surface area contributed by atoms with Gasteiger partial charge in [-0.2, -0.15) is 0 Å². The smallest absolute Gasteiger partial charge is 0.106 e. The van der Waals surface area contributed by atoms with Crippen LogP contribution >= 0.6 is 0 Å². The molecule has 0 atom stereocenters. The summed E-state index contributed by atoms with van der Waals surface area (Å²) in [5.74, 6) is 0. The van der Waals surface area contributed by atoms with Crippen LogP contribution in [0.25, 0.3) is 0 Å². The molecule has 0 aromatic heterocycles. The molecular formula is C14H28O3. The van der Waals surface area contributed by atoms with E-state index in [-0.39, 0.29) is 7.43 Å². The average Bonchev–Trinajstić information content (AvgIpc) is 2.37. The first-order chi connectivity index (χ1) is 7.85. The van der Waals surface area contributed by atoms with Crippen molar-refractivity contribution in [1.82, 2.24) is 0 Å². The Morgan fingerprint density at radius 3 is 1.76 bits per heavy atom. The summed E-state index contributed by atoms with van der Waals surface area (Å²) in [7, 11) is 2.70. The zero-order valence-electron chi connectivity index (χ0n) is 10.8. The fraction of sp³-hybridized carbons (Fsp3) is 0.500. The Kier molecular flexibility index (Phi) is 42.9. The van der Waals surface area contributed by atoms with Gasteiger partial charge in [-0.3, -0.25) is 0 Å². The van der Waals surface area contributed by atoms with Gasteiger partial charge in [-0.05, 0) is 5.56 Å². The third-order valence-corrected chi connectivity index (χ3v) is 1.15. The Morgan fingerprint density at radius 1 is 1.12 bits per heavy atom. The zero-order valence-corrected chi connectivity index (χ0v) is 10.8. The van der Waals surface area contributed by atoms with E-state index in [4.69, 9.17) is 14.6 Å². The van der Waals surface area contributed by atoms with Gasteiger partial charge in [-0.25, -0.2) is 0 Å². The number of ether oxygens (including phenoxy) is 1. The Morgan fingerprint density at radius 2 is 1.47 bits per heavy atom. The maximum atomic E-state index is 8.00. The number of hydrogen-bond donors (Lipinski definition) is 1. The molecule has 0 fully saturated rings. The summed E-state index contributed by atoms with van der Waals surface area (Å²) < 4.78 is 4.93. The van der Waals surface area contributed by atoms with Crippen LogP contribution in [0.4, 0.5) is 0 Å². The van der Waals surface area contributed by atoms with Gasteiger partial charge < -0.3 is 14.6 Å². The number of aliphatic hydroxyl groups excluding tert-OH is 1. The molecule has 3 nitrogen and oxygen atoms in total. The molecule has 0 heterocycles. The molecule has 1 N–H and O–H groups in total. The molecule has 0 amide bonds. The van der Waals surface area contributed by atoms with E-state index in [2.05, 4.69) is 13.8 Å². The lowest BCUT2D eigenvalue weighted by atomic mass is 10.2. The first-order valence-electron chi connectivity index (χ1n) is 5.11. The van der Waals surface area contributed by atoms with Gasteiger partial charge >= 0.3 is 0 Å². The van der Waals surface area contributed by atoms with Crippen molar-refractivity contribution in [2.75, 3.05) is 14.2 Å². The molecule has 0 radical (unpaired) electrons. The summed E-state index contributed by atoms with van der Waals surface area (Å²) in [5.41, 5.74) is 1.22. The lowest BCUT2D eigenvalue weighted by Gasteiger charge is -1.95. The van der Waals surface area contributed by atoms with E-state index in [9.17, 15) is 0 Å². The van der Waals surface area contributed by atoms with Crippen LogP contribution in [0.1, 0.15) is 33.3 Å². The molecule has 3 heteroatoms. The van der Waals surface area contributed by atoms with E-state index in [0.29, 0.717) is 6.61 Å². The average molecular weight is 244 g/mol. The van der Waals surface area contributed by atoms with Crippen LogP contribution in [0.5, 0.6) is 0 Å². The second-order valence-corrected chi connectivity index (χ2v) is 2.63. The van der Waals surface area contributed by atoms with E-state index >= 15 is 0 Å². The van der Waals surface area contributed by atoms with Gasteiger partial charge in [0, 0.05) is 14.2 Å². The number of carbonyl (C=O) groups excluding carboxylic acids is 1. The maximum absolute atomic E-state index is 8.00. The van der Waals surface area contributed by atoms with Crippen molar-refractivity contribution in [3.8, 4) is 0 Å². The predicted molar refractivity (Wildman–Crippen MR) is 75.1 cm³/mol. The van der Waals surface area contributed by atoms with Crippen molar-refractivity contribution in [3.05, 3.63) is 35.9 Å². The SMILES string of the molecule is C.C=O.CCC.CO.COCc1ccccc1. The second kappa shape index (κ2) is 29.3. The standard InChI is InChI=1S/C8H10O.C3H8.CH4O.CH2O.CH4/c1-9-7-8-5-3-2-4-6-8;1-3-2;2*1-2;/h2-6H,7H2,1H3;3H2,1-2H3;2H,1H3;1H2;1H4. The molecule has 102 valence electrons. The van der Waals surface area contributed by atoms with E-state index in [1.807, 2.05) is 37.1 Å². The third-order valence-electron chi connectivity index (χ3n) is 1.15. The summed E-state index contributed by atoms with van der Waals surface area (Å²) in [6, 6.07) is 10.1. The molecule has 1 aromatic carbocycles. The van der Waals surface area contributed by atoms with Crippen LogP contribution in [0.15, 0.2) is 30.3 Å². The minimum absolute atomic E-state index is 0. The summed E-state index contributed by atoms with van der Waals surface area (Å²) in [5, 5.41) is 7.00. The second-order valence-electron chi connectivity index (χ2n) is 2.63. The van der Waals surface area contributed by atoms with Gasteiger partial charge in [-0.15, -0.1) is 0 Å². The fourth-order valence-corrected chi connectivity index (χ4v) is 0.741. The van der Waals surface area contributed by atoms with Crippen molar-refractivity contribution >= 4 is 6.79 Å². The molecule has 0 unspecified atom stereocenters. The first kappa shape index (κ1) is 24.9. The molecule has 0 bridgehead atoms. The number of hydrogen-bond acceptors (Lipinski definition) is 3. The third kappa shape index (κ3) is 25.3. The highest BCUT2D eigenvalue weighted by atomic mass is 16.5. The predicted octanol–water partition coefficient (Wildman–Crippen LogP) is 3.31. The molecule has 0 aliphatic carbocycles. The van der Waals surface area contributed by atoms with Crippen LogP contribution in [0.3, 0.4) is 0 Å².